The summed E-state index contributed by atoms with van der Waals surface area (Å²) < 4.78 is 27.6. The Labute approximate surface area is 134 Å². The fourth-order valence-electron chi connectivity index (χ4n) is 2.08. The molecule has 0 aliphatic carbocycles. The third kappa shape index (κ3) is 6.04. The molecule has 0 aromatic heterocycles. The highest BCUT2D eigenvalue weighted by molar-refractivity contribution is 7.89. The molecule has 0 amide bonds. The third-order valence-electron chi connectivity index (χ3n) is 3.56. The van der Waals surface area contributed by atoms with Crippen LogP contribution in [0.3, 0.4) is 0 Å². The summed E-state index contributed by atoms with van der Waals surface area (Å²) in [5, 5.41) is 11.1. The lowest BCUT2D eigenvalue weighted by molar-refractivity contribution is -0.121. The number of rotatable bonds is 9. The van der Waals surface area contributed by atoms with Crippen molar-refractivity contribution in [1.82, 2.24) is 9.79 Å². The number of nitrogens with zero attached hydrogens (tertiary/aromatic N) is 1. The standard InChI is InChI=1S/C16H28N2O3S/c1-5-6-7-15(12-18(19)13(2)3)17-22(20,21)16-10-8-14(4)9-11-16/h8-11,13,15,17,19H,5-7,12H2,1-4H3. The second-order valence-electron chi connectivity index (χ2n) is 5.99. The van der Waals surface area contributed by atoms with E-state index in [4.69, 9.17) is 0 Å². The minimum Gasteiger partial charge on any atom is -0.314 e. The van der Waals surface area contributed by atoms with Crippen LogP contribution in [0.5, 0.6) is 0 Å². The molecule has 2 N–H and O–H groups in total. The molecule has 0 aliphatic heterocycles. The van der Waals surface area contributed by atoms with Gasteiger partial charge in [0.2, 0.25) is 10.0 Å². The molecule has 1 rings (SSSR count). The Balaban J connectivity index is 2.84. The van der Waals surface area contributed by atoms with E-state index in [1.807, 2.05) is 20.8 Å². The zero-order chi connectivity index (χ0) is 16.8. The van der Waals surface area contributed by atoms with Gasteiger partial charge in [-0.25, -0.2) is 13.1 Å². The molecule has 6 heteroatoms. The molecule has 0 aliphatic rings. The lowest BCUT2D eigenvalue weighted by atomic mass is 10.1. The number of sulfonamides is 1. The zero-order valence-electron chi connectivity index (χ0n) is 13.9. The maximum Gasteiger partial charge on any atom is 0.240 e. The van der Waals surface area contributed by atoms with Crippen molar-refractivity contribution in [3.63, 3.8) is 0 Å². The van der Waals surface area contributed by atoms with Gasteiger partial charge in [-0.05, 0) is 39.3 Å². The van der Waals surface area contributed by atoms with Crippen LogP contribution in [0.15, 0.2) is 29.2 Å². The van der Waals surface area contributed by atoms with Crippen LogP contribution in [0.1, 0.15) is 45.6 Å². The predicted molar refractivity (Wildman–Crippen MR) is 88.4 cm³/mol. The molecular formula is C16H28N2O3S. The molecule has 0 bridgehead atoms. The molecule has 126 valence electrons. The quantitative estimate of drug-likeness (QED) is 0.684. The maximum atomic E-state index is 12.5. The maximum absolute atomic E-state index is 12.5. The summed E-state index contributed by atoms with van der Waals surface area (Å²) in [6.45, 7) is 7.99. The van der Waals surface area contributed by atoms with Crippen molar-refractivity contribution in [2.24, 2.45) is 0 Å². The highest BCUT2D eigenvalue weighted by Gasteiger charge is 2.22. The van der Waals surface area contributed by atoms with Gasteiger partial charge in [-0.1, -0.05) is 37.5 Å². The van der Waals surface area contributed by atoms with Crippen molar-refractivity contribution >= 4 is 10.0 Å². The molecule has 0 radical (unpaired) electrons. The van der Waals surface area contributed by atoms with E-state index in [-0.39, 0.29) is 23.5 Å². The van der Waals surface area contributed by atoms with Gasteiger partial charge in [0, 0.05) is 18.6 Å². The van der Waals surface area contributed by atoms with Crippen molar-refractivity contribution in [3.8, 4) is 0 Å². The average Bonchev–Trinajstić information content (AvgIpc) is 2.44. The molecule has 0 fully saturated rings. The van der Waals surface area contributed by atoms with Crippen LogP contribution in [0.25, 0.3) is 0 Å². The van der Waals surface area contributed by atoms with Gasteiger partial charge in [0.05, 0.1) is 4.90 Å². The molecule has 0 heterocycles. The third-order valence-corrected chi connectivity index (χ3v) is 5.10. The summed E-state index contributed by atoms with van der Waals surface area (Å²) in [6, 6.07) is 6.41. The molecule has 1 aromatic carbocycles. The number of benzene rings is 1. The zero-order valence-corrected chi connectivity index (χ0v) is 14.7. The first-order valence-corrected chi connectivity index (χ1v) is 9.29. The van der Waals surface area contributed by atoms with Gasteiger partial charge in [0.15, 0.2) is 0 Å². The molecule has 5 nitrogen and oxygen atoms in total. The van der Waals surface area contributed by atoms with Crippen molar-refractivity contribution in [1.29, 1.82) is 0 Å². The number of hydroxylamine groups is 2. The van der Waals surface area contributed by atoms with Crippen LogP contribution < -0.4 is 4.72 Å². The van der Waals surface area contributed by atoms with Gasteiger partial charge in [-0.3, -0.25) is 0 Å². The van der Waals surface area contributed by atoms with E-state index in [0.29, 0.717) is 6.42 Å². The molecule has 1 atom stereocenters. The highest BCUT2D eigenvalue weighted by atomic mass is 32.2. The smallest absolute Gasteiger partial charge is 0.240 e. The molecule has 1 aromatic rings. The van der Waals surface area contributed by atoms with Crippen molar-refractivity contribution < 1.29 is 13.6 Å². The first kappa shape index (κ1) is 19.1. The van der Waals surface area contributed by atoms with Crippen molar-refractivity contribution in [2.45, 2.75) is 63.9 Å². The Kier molecular flexibility index (Phi) is 7.48. The predicted octanol–water partition coefficient (Wildman–Crippen LogP) is 2.93. The van der Waals surface area contributed by atoms with Crippen LogP contribution in [-0.4, -0.2) is 37.3 Å². The van der Waals surface area contributed by atoms with Gasteiger partial charge < -0.3 is 5.21 Å². The fraction of sp³-hybridized carbons (Fsp3) is 0.625. The molecule has 0 spiro atoms. The Morgan fingerprint density at radius 3 is 2.32 bits per heavy atom. The van der Waals surface area contributed by atoms with Crippen LogP contribution in [-0.2, 0) is 10.0 Å². The van der Waals surface area contributed by atoms with Crippen LogP contribution in [0, 0.1) is 6.92 Å². The highest BCUT2D eigenvalue weighted by Crippen LogP contribution is 2.13. The second kappa shape index (κ2) is 8.62. The number of aryl methyl sites for hydroxylation is 1. The minimum absolute atomic E-state index is 0.0481. The average molecular weight is 328 g/mol. The van der Waals surface area contributed by atoms with E-state index in [0.717, 1.165) is 18.4 Å². The van der Waals surface area contributed by atoms with E-state index < -0.39 is 10.0 Å². The van der Waals surface area contributed by atoms with E-state index in [1.165, 1.54) is 5.06 Å². The van der Waals surface area contributed by atoms with Gasteiger partial charge in [0.1, 0.15) is 0 Å². The van der Waals surface area contributed by atoms with Gasteiger partial charge in [0.25, 0.3) is 0 Å². The van der Waals surface area contributed by atoms with Gasteiger partial charge in [-0.15, -0.1) is 0 Å². The number of hydrogen-bond acceptors (Lipinski definition) is 4. The Morgan fingerprint density at radius 1 is 1.23 bits per heavy atom. The van der Waals surface area contributed by atoms with Crippen molar-refractivity contribution in [2.75, 3.05) is 6.54 Å². The van der Waals surface area contributed by atoms with Crippen LogP contribution in [0.2, 0.25) is 0 Å². The summed E-state index contributed by atoms with van der Waals surface area (Å²) in [6.07, 6.45) is 2.59. The lowest BCUT2D eigenvalue weighted by Crippen LogP contribution is -2.44. The molecule has 1 unspecified atom stereocenters. The molecule has 0 saturated carbocycles. The number of nitrogens with one attached hydrogen (secondary N) is 1. The van der Waals surface area contributed by atoms with Crippen LogP contribution >= 0.6 is 0 Å². The summed E-state index contributed by atoms with van der Waals surface area (Å²) in [4.78, 5) is 0.258. The van der Waals surface area contributed by atoms with Gasteiger partial charge >= 0.3 is 0 Å². The summed E-state index contributed by atoms with van der Waals surface area (Å²) in [7, 11) is -3.57. The van der Waals surface area contributed by atoms with E-state index in [2.05, 4.69) is 11.6 Å². The van der Waals surface area contributed by atoms with Gasteiger partial charge in [-0.2, -0.15) is 5.06 Å². The number of hydrogen-bond donors (Lipinski definition) is 2. The Bertz CT molecular complexity index is 541. The van der Waals surface area contributed by atoms with E-state index >= 15 is 0 Å². The summed E-state index contributed by atoms with van der Waals surface area (Å²) in [5.74, 6) is 0. The largest absolute Gasteiger partial charge is 0.314 e. The SMILES string of the molecule is CCCCC(CN(O)C(C)C)NS(=O)(=O)c1ccc(C)cc1. The van der Waals surface area contributed by atoms with Crippen LogP contribution in [0.4, 0.5) is 0 Å². The summed E-state index contributed by atoms with van der Waals surface area (Å²) >= 11 is 0. The van der Waals surface area contributed by atoms with Crippen molar-refractivity contribution in [3.05, 3.63) is 29.8 Å². The normalized spacial score (nSPS) is 13.8. The monoisotopic (exact) mass is 328 g/mol. The molecular weight excluding hydrogens is 300 g/mol. The first-order valence-electron chi connectivity index (χ1n) is 7.80. The Morgan fingerprint density at radius 2 is 1.82 bits per heavy atom. The van der Waals surface area contributed by atoms with E-state index in [1.54, 1.807) is 24.3 Å². The summed E-state index contributed by atoms with van der Waals surface area (Å²) in [5.41, 5.74) is 1.02. The topological polar surface area (TPSA) is 69.6 Å². The van der Waals surface area contributed by atoms with E-state index in [9.17, 15) is 13.6 Å². The second-order valence-corrected chi connectivity index (χ2v) is 7.70. The minimum atomic E-state index is -3.57. The fourth-order valence-corrected chi connectivity index (χ4v) is 3.34. The number of unbranched alkanes of at least 4 members (excludes halogenated alkanes) is 1. The molecule has 22 heavy (non-hydrogen) atoms. The Hall–Kier alpha value is -0.950. The lowest BCUT2D eigenvalue weighted by Gasteiger charge is -2.26. The molecule has 0 saturated heterocycles. The first-order chi connectivity index (χ1) is 10.3.